The second kappa shape index (κ2) is 7.46. The summed E-state index contributed by atoms with van der Waals surface area (Å²) in [4.78, 5) is 12.0. The number of hydrogen-bond donors (Lipinski definition) is 2. The summed E-state index contributed by atoms with van der Waals surface area (Å²) in [6, 6.07) is 0. The fourth-order valence-corrected chi connectivity index (χ4v) is 2.22. The highest BCUT2D eigenvalue weighted by Crippen LogP contribution is 2.24. The molecule has 1 aromatic heterocycles. The number of aliphatic hydroxyl groups is 1. The van der Waals surface area contributed by atoms with Crippen molar-refractivity contribution in [2.24, 2.45) is 5.41 Å². The van der Waals surface area contributed by atoms with E-state index >= 15 is 0 Å². The molecule has 0 amide bonds. The maximum absolute atomic E-state index is 12.0. The second-order valence-corrected chi connectivity index (χ2v) is 6.18. The van der Waals surface area contributed by atoms with Crippen LogP contribution in [0.25, 0.3) is 0 Å². The highest BCUT2D eigenvalue weighted by molar-refractivity contribution is 9.10. The summed E-state index contributed by atoms with van der Waals surface area (Å²) in [5.41, 5.74) is 0.428. The van der Waals surface area contributed by atoms with E-state index in [1.165, 1.54) is 4.68 Å². The van der Waals surface area contributed by atoms with Crippen LogP contribution in [-0.4, -0.2) is 28.0 Å². The minimum atomic E-state index is -0.249. The summed E-state index contributed by atoms with van der Waals surface area (Å²) in [5, 5.41) is 16.1. The van der Waals surface area contributed by atoms with Gasteiger partial charge in [0.2, 0.25) is 0 Å². The van der Waals surface area contributed by atoms with Crippen molar-refractivity contribution in [2.45, 2.75) is 33.2 Å². The molecule has 1 heterocycles. The summed E-state index contributed by atoms with van der Waals surface area (Å²) in [7, 11) is 0. The first kappa shape index (κ1) is 16.7. The Hall–Kier alpha value is -1.32. The van der Waals surface area contributed by atoms with E-state index in [2.05, 4.69) is 46.1 Å². The van der Waals surface area contributed by atoms with E-state index in [-0.39, 0.29) is 24.1 Å². The molecule has 0 bridgehead atoms. The zero-order chi connectivity index (χ0) is 15.2. The molecule has 0 spiro atoms. The number of terminal acetylenes is 1. The van der Waals surface area contributed by atoms with Gasteiger partial charge in [-0.2, -0.15) is 5.10 Å². The van der Waals surface area contributed by atoms with Gasteiger partial charge in [0.25, 0.3) is 5.56 Å². The van der Waals surface area contributed by atoms with Crippen molar-refractivity contribution in [3.05, 3.63) is 21.0 Å². The van der Waals surface area contributed by atoms with Crippen LogP contribution in [0, 0.1) is 17.8 Å². The Balaban J connectivity index is 2.77. The van der Waals surface area contributed by atoms with E-state index in [9.17, 15) is 4.79 Å². The lowest BCUT2D eigenvalue weighted by Crippen LogP contribution is -2.27. The van der Waals surface area contributed by atoms with Gasteiger partial charge in [-0.15, -0.1) is 6.42 Å². The maximum Gasteiger partial charge on any atom is 0.284 e. The highest BCUT2D eigenvalue weighted by atomic mass is 79.9. The van der Waals surface area contributed by atoms with Crippen molar-refractivity contribution in [3.8, 4) is 12.3 Å². The highest BCUT2D eigenvalue weighted by Gasteiger charge is 2.18. The molecule has 0 unspecified atom stereocenters. The number of nitrogens with one attached hydrogen (secondary N) is 1. The molecular formula is C14H20BrN3O2. The molecule has 0 aliphatic rings. The number of anilines is 1. The van der Waals surface area contributed by atoms with E-state index < -0.39 is 0 Å². The molecule has 110 valence electrons. The lowest BCUT2D eigenvalue weighted by molar-refractivity contribution is 0.248. The topological polar surface area (TPSA) is 67.2 Å². The first-order valence-corrected chi connectivity index (χ1v) is 7.24. The molecule has 0 atom stereocenters. The van der Waals surface area contributed by atoms with Crippen LogP contribution in [-0.2, 0) is 6.54 Å². The van der Waals surface area contributed by atoms with Crippen molar-refractivity contribution in [1.29, 1.82) is 0 Å². The molecule has 0 aliphatic heterocycles. The fourth-order valence-electron chi connectivity index (χ4n) is 1.77. The molecule has 0 radical (unpaired) electrons. The average Bonchev–Trinajstić information content (AvgIpc) is 2.41. The average molecular weight is 342 g/mol. The number of aliphatic hydroxyl groups excluding tert-OH is 1. The molecule has 1 aromatic rings. The molecule has 0 aliphatic carbocycles. The number of rotatable bonds is 7. The van der Waals surface area contributed by atoms with Crippen molar-refractivity contribution < 1.29 is 5.11 Å². The molecule has 0 saturated carbocycles. The van der Waals surface area contributed by atoms with E-state index in [1.54, 1.807) is 6.20 Å². The van der Waals surface area contributed by atoms with Crippen molar-refractivity contribution in [3.63, 3.8) is 0 Å². The number of halogens is 1. The Morgan fingerprint density at radius 3 is 2.90 bits per heavy atom. The minimum Gasteiger partial charge on any atom is -0.396 e. The van der Waals surface area contributed by atoms with Crippen LogP contribution in [0.3, 0.4) is 0 Å². The van der Waals surface area contributed by atoms with Gasteiger partial charge in [-0.3, -0.25) is 4.79 Å². The molecule has 20 heavy (non-hydrogen) atoms. The standard InChI is InChI=1S/C14H20BrN3O2/c1-4-7-18-13(20)12(15)11(9-17-18)16-10-14(2,3)6-5-8-19/h1,9,16,19H,5-8,10H2,2-3H3. The van der Waals surface area contributed by atoms with Gasteiger partial charge in [0.15, 0.2) is 0 Å². The van der Waals surface area contributed by atoms with Crippen LogP contribution < -0.4 is 10.9 Å². The number of aromatic nitrogens is 2. The van der Waals surface area contributed by atoms with Crippen LogP contribution in [0.1, 0.15) is 26.7 Å². The molecule has 0 saturated heterocycles. The summed E-state index contributed by atoms with van der Waals surface area (Å²) < 4.78 is 1.66. The monoisotopic (exact) mass is 341 g/mol. The smallest absolute Gasteiger partial charge is 0.284 e. The zero-order valence-electron chi connectivity index (χ0n) is 11.8. The van der Waals surface area contributed by atoms with E-state index in [4.69, 9.17) is 11.5 Å². The normalized spacial score (nSPS) is 11.2. The third-order valence-corrected chi connectivity index (χ3v) is 3.76. The third kappa shape index (κ3) is 4.66. The van der Waals surface area contributed by atoms with Crippen LogP contribution in [0.5, 0.6) is 0 Å². The predicted octanol–water partition coefficient (Wildman–Crippen LogP) is 1.85. The van der Waals surface area contributed by atoms with E-state index in [0.29, 0.717) is 16.7 Å². The van der Waals surface area contributed by atoms with Gasteiger partial charge in [-0.05, 0) is 34.2 Å². The SMILES string of the molecule is C#CCn1ncc(NCC(C)(C)CCCO)c(Br)c1=O. The van der Waals surface area contributed by atoms with Crippen molar-refractivity contribution in [2.75, 3.05) is 18.5 Å². The molecule has 0 aromatic carbocycles. The van der Waals surface area contributed by atoms with Crippen LogP contribution in [0.4, 0.5) is 5.69 Å². The largest absolute Gasteiger partial charge is 0.396 e. The second-order valence-electron chi connectivity index (χ2n) is 5.38. The van der Waals surface area contributed by atoms with Gasteiger partial charge >= 0.3 is 0 Å². The van der Waals surface area contributed by atoms with Crippen LogP contribution in [0.2, 0.25) is 0 Å². The van der Waals surface area contributed by atoms with Gasteiger partial charge in [-0.1, -0.05) is 19.8 Å². The number of nitrogens with zero attached hydrogens (tertiary/aromatic N) is 2. The maximum atomic E-state index is 12.0. The summed E-state index contributed by atoms with van der Waals surface area (Å²) in [6.45, 7) is 5.25. The molecule has 6 heteroatoms. The Labute approximate surface area is 127 Å². The number of hydrogen-bond acceptors (Lipinski definition) is 4. The van der Waals surface area contributed by atoms with Gasteiger partial charge < -0.3 is 10.4 Å². The first-order valence-electron chi connectivity index (χ1n) is 6.45. The van der Waals surface area contributed by atoms with Gasteiger partial charge in [0.05, 0.1) is 11.9 Å². The lowest BCUT2D eigenvalue weighted by atomic mass is 9.88. The van der Waals surface area contributed by atoms with Crippen LogP contribution in [0.15, 0.2) is 15.5 Å². The quantitative estimate of drug-likeness (QED) is 0.742. The van der Waals surface area contributed by atoms with E-state index in [0.717, 1.165) is 12.8 Å². The molecule has 5 nitrogen and oxygen atoms in total. The molecule has 0 fully saturated rings. The summed E-state index contributed by atoms with van der Waals surface area (Å²) in [5.74, 6) is 2.39. The fraction of sp³-hybridized carbons (Fsp3) is 0.571. The Kier molecular flexibility index (Phi) is 6.24. The summed E-state index contributed by atoms with van der Waals surface area (Å²) in [6.07, 6.45) is 8.43. The Morgan fingerprint density at radius 2 is 2.30 bits per heavy atom. The van der Waals surface area contributed by atoms with Gasteiger partial charge in [0.1, 0.15) is 11.0 Å². The zero-order valence-corrected chi connectivity index (χ0v) is 13.4. The van der Waals surface area contributed by atoms with Crippen molar-refractivity contribution >= 4 is 21.6 Å². The van der Waals surface area contributed by atoms with Gasteiger partial charge in [-0.25, -0.2) is 4.68 Å². The van der Waals surface area contributed by atoms with Crippen molar-refractivity contribution in [1.82, 2.24) is 9.78 Å². The van der Waals surface area contributed by atoms with E-state index in [1.807, 2.05) is 0 Å². The predicted molar refractivity (Wildman–Crippen MR) is 83.6 cm³/mol. The third-order valence-electron chi connectivity index (χ3n) is 2.99. The Bertz CT molecular complexity index is 546. The summed E-state index contributed by atoms with van der Waals surface area (Å²) >= 11 is 3.28. The minimum absolute atomic E-state index is 0.0237. The lowest BCUT2D eigenvalue weighted by Gasteiger charge is -2.25. The molecule has 1 rings (SSSR count). The van der Waals surface area contributed by atoms with Crippen LogP contribution >= 0.6 is 15.9 Å². The Morgan fingerprint density at radius 1 is 1.60 bits per heavy atom. The molecular weight excluding hydrogens is 322 g/mol. The first-order chi connectivity index (χ1) is 9.41. The molecule has 2 N–H and O–H groups in total. The van der Waals surface area contributed by atoms with Gasteiger partial charge in [0, 0.05) is 13.2 Å².